The number of rotatable bonds is 6. The maximum absolute atomic E-state index is 12.6. The SMILES string of the molecule is Cc1cnc(Nc2ccnn2C)nc1-c1coc(C(=O)NCc2ccc3n[nH]c(C)c3c2)n1. The van der Waals surface area contributed by atoms with Gasteiger partial charge < -0.3 is 15.1 Å². The van der Waals surface area contributed by atoms with Crippen LogP contribution < -0.4 is 10.6 Å². The van der Waals surface area contributed by atoms with Gasteiger partial charge in [-0.15, -0.1) is 0 Å². The number of hydrogen-bond acceptors (Lipinski definition) is 8. The number of fused-ring (bicyclic) bond motifs is 1. The summed E-state index contributed by atoms with van der Waals surface area (Å²) in [7, 11) is 1.81. The van der Waals surface area contributed by atoms with Crippen LogP contribution in [0.25, 0.3) is 22.3 Å². The highest BCUT2D eigenvalue weighted by molar-refractivity contribution is 5.90. The Hall–Kier alpha value is -4.54. The molecule has 0 aliphatic carbocycles. The van der Waals surface area contributed by atoms with Crippen LogP contribution in [-0.2, 0) is 13.6 Å². The second kappa shape index (κ2) is 8.19. The summed E-state index contributed by atoms with van der Waals surface area (Å²) in [5.74, 6) is 0.682. The number of anilines is 2. The molecular formula is C22H21N9O2. The fraction of sp³-hybridized carbons (Fsp3) is 0.182. The van der Waals surface area contributed by atoms with Gasteiger partial charge in [0.1, 0.15) is 23.5 Å². The van der Waals surface area contributed by atoms with Crippen LogP contribution in [0.1, 0.15) is 27.5 Å². The van der Waals surface area contributed by atoms with E-state index in [1.165, 1.54) is 6.26 Å². The Bertz CT molecular complexity index is 1460. The Morgan fingerprint density at radius 2 is 2.09 bits per heavy atom. The number of aromatic amines is 1. The van der Waals surface area contributed by atoms with Gasteiger partial charge in [-0.1, -0.05) is 6.07 Å². The molecule has 0 saturated carbocycles. The molecule has 0 saturated heterocycles. The molecule has 1 amide bonds. The number of nitrogens with zero attached hydrogens (tertiary/aromatic N) is 6. The van der Waals surface area contributed by atoms with Crippen LogP contribution in [0.2, 0.25) is 0 Å². The lowest BCUT2D eigenvalue weighted by Gasteiger charge is -2.07. The van der Waals surface area contributed by atoms with Crippen molar-refractivity contribution in [3.8, 4) is 11.4 Å². The van der Waals surface area contributed by atoms with E-state index >= 15 is 0 Å². The van der Waals surface area contributed by atoms with Crippen LogP contribution in [0.5, 0.6) is 0 Å². The van der Waals surface area contributed by atoms with E-state index in [4.69, 9.17) is 4.42 Å². The Labute approximate surface area is 188 Å². The van der Waals surface area contributed by atoms with Gasteiger partial charge >= 0.3 is 5.91 Å². The minimum absolute atomic E-state index is 0.0373. The van der Waals surface area contributed by atoms with Gasteiger partial charge in [-0.2, -0.15) is 10.2 Å². The van der Waals surface area contributed by atoms with Crippen molar-refractivity contribution >= 4 is 28.6 Å². The van der Waals surface area contributed by atoms with E-state index in [9.17, 15) is 4.79 Å². The lowest BCUT2D eigenvalue weighted by Crippen LogP contribution is -2.23. The van der Waals surface area contributed by atoms with Crippen LogP contribution in [0.15, 0.2) is 47.3 Å². The molecule has 0 aliphatic rings. The third-order valence-electron chi connectivity index (χ3n) is 5.24. The minimum Gasteiger partial charge on any atom is -0.440 e. The molecule has 0 bridgehead atoms. The third-order valence-corrected chi connectivity index (χ3v) is 5.24. The van der Waals surface area contributed by atoms with Crippen molar-refractivity contribution in [1.29, 1.82) is 0 Å². The molecule has 11 heteroatoms. The van der Waals surface area contributed by atoms with Gasteiger partial charge in [-0.3, -0.25) is 14.6 Å². The number of carbonyl (C=O) groups is 1. The van der Waals surface area contributed by atoms with Gasteiger partial charge in [0, 0.05) is 36.9 Å². The average molecular weight is 443 g/mol. The molecule has 5 aromatic rings. The summed E-state index contributed by atoms with van der Waals surface area (Å²) in [6.07, 6.45) is 4.77. The summed E-state index contributed by atoms with van der Waals surface area (Å²) >= 11 is 0. The smallest absolute Gasteiger partial charge is 0.307 e. The van der Waals surface area contributed by atoms with Crippen molar-refractivity contribution in [3.05, 3.63) is 65.6 Å². The molecule has 4 heterocycles. The standard InChI is InChI=1S/C22H21N9O2/c1-12-9-24-22(27-18-6-7-25-31(18)3)28-19(12)17-11-33-21(26-17)20(32)23-10-14-4-5-16-15(8-14)13(2)29-30-16/h4-9,11H,10H2,1-3H3,(H,23,32)(H,29,30)(H,24,27,28). The molecule has 0 aliphatic heterocycles. The quantitative estimate of drug-likeness (QED) is 0.364. The Morgan fingerprint density at radius 3 is 2.91 bits per heavy atom. The van der Waals surface area contributed by atoms with Crippen molar-refractivity contribution < 1.29 is 9.21 Å². The first-order valence-electron chi connectivity index (χ1n) is 10.2. The summed E-state index contributed by atoms with van der Waals surface area (Å²) in [5, 5.41) is 18.2. The second-order valence-corrected chi connectivity index (χ2v) is 7.61. The summed E-state index contributed by atoms with van der Waals surface area (Å²) < 4.78 is 7.11. The van der Waals surface area contributed by atoms with Crippen molar-refractivity contribution in [2.24, 2.45) is 7.05 Å². The Morgan fingerprint density at radius 1 is 1.21 bits per heavy atom. The van der Waals surface area contributed by atoms with Crippen LogP contribution >= 0.6 is 0 Å². The predicted octanol–water partition coefficient (Wildman–Crippen LogP) is 3.03. The Balaban J connectivity index is 1.31. The van der Waals surface area contributed by atoms with E-state index in [2.05, 4.69) is 40.9 Å². The van der Waals surface area contributed by atoms with Gasteiger partial charge in [0.15, 0.2) is 0 Å². The van der Waals surface area contributed by atoms with Crippen molar-refractivity contribution in [1.82, 2.24) is 40.2 Å². The van der Waals surface area contributed by atoms with E-state index in [0.29, 0.717) is 23.9 Å². The lowest BCUT2D eigenvalue weighted by molar-refractivity contribution is 0.0916. The fourth-order valence-corrected chi connectivity index (χ4v) is 3.41. The normalized spacial score (nSPS) is 11.1. The first kappa shape index (κ1) is 20.4. The molecule has 0 unspecified atom stereocenters. The molecule has 11 nitrogen and oxygen atoms in total. The van der Waals surface area contributed by atoms with Crippen molar-refractivity contribution in [2.75, 3.05) is 5.32 Å². The molecule has 0 radical (unpaired) electrons. The molecule has 3 N–H and O–H groups in total. The summed E-state index contributed by atoms with van der Waals surface area (Å²) in [4.78, 5) is 25.8. The zero-order valence-corrected chi connectivity index (χ0v) is 18.2. The number of aryl methyl sites for hydroxylation is 3. The van der Waals surface area contributed by atoms with E-state index in [-0.39, 0.29) is 5.89 Å². The molecule has 33 heavy (non-hydrogen) atoms. The number of carbonyl (C=O) groups excluding carboxylic acids is 1. The zero-order valence-electron chi connectivity index (χ0n) is 18.2. The van der Waals surface area contributed by atoms with Gasteiger partial charge in [-0.25, -0.2) is 15.0 Å². The highest BCUT2D eigenvalue weighted by Crippen LogP contribution is 2.23. The first-order chi connectivity index (χ1) is 16.0. The molecule has 0 atom stereocenters. The number of benzene rings is 1. The number of hydrogen-bond donors (Lipinski definition) is 3. The molecule has 166 valence electrons. The fourth-order valence-electron chi connectivity index (χ4n) is 3.41. The number of amides is 1. The largest absolute Gasteiger partial charge is 0.440 e. The highest BCUT2D eigenvalue weighted by Gasteiger charge is 2.17. The highest BCUT2D eigenvalue weighted by atomic mass is 16.4. The van der Waals surface area contributed by atoms with E-state index in [1.54, 1.807) is 17.1 Å². The summed E-state index contributed by atoms with van der Waals surface area (Å²) in [5.41, 5.74) is 4.63. The number of oxazole rings is 1. The van der Waals surface area contributed by atoms with E-state index in [0.717, 1.165) is 33.5 Å². The second-order valence-electron chi connectivity index (χ2n) is 7.61. The van der Waals surface area contributed by atoms with Gasteiger partial charge in [0.2, 0.25) is 5.95 Å². The van der Waals surface area contributed by atoms with Gasteiger partial charge in [-0.05, 0) is 37.1 Å². The van der Waals surface area contributed by atoms with E-state index < -0.39 is 5.91 Å². The average Bonchev–Trinajstić information content (AvgIpc) is 3.55. The van der Waals surface area contributed by atoms with Gasteiger partial charge in [0.25, 0.3) is 5.89 Å². The maximum Gasteiger partial charge on any atom is 0.307 e. The monoisotopic (exact) mass is 443 g/mol. The van der Waals surface area contributed by atoms with Crippen molar-refractivity contribution in [3.63, 3.8) is 0 Å². The van der Waals surface area contributed by atoms with Crippen LogP contribution in [0.4, 0.5) is 11.8 Å². The summed E-state index contributed by atoms with van der Waals surface area (Å²) in [6.45, 7) is 4.16. The van der Waals surface area contributed by atoms with Crippen LogP contribution in [-0.4, -0.2) is 40.8 Å². The maximum atomic E-state index is 12.6. The summed E-state index contributed by atoms with van der Waals surface area (Å²) in [6, 6.07) is 7.65. The van der Waals surface area contributed by atoms with Crippen LogP contribution in [0, 0.1) is 13.8 Å². The van der Waals surface area contributed by atoms with Crippen LogP contribution in [0.3, 0.4) is 0 Å². The molecular weight excluding hydrogens is 422 g/mol. The number of nitrogens with one attached hydrogen (secondary N) is 3. The molecule has 4 aromatic heterocycles. The molecule has 5 rings (SSSR count). The predicted molar refractivity (Wildman–Crippen MR) is 121 cm³/mol. The number of aromatic nitrogens is 7. The molecule has 0 fully saturated rings. The van der Waals surface area contributed by atoms with Gasteiger partial charge in [0.05, 0.1) is 11.7 Å². The molecule has 0 spiro atoms. The third kappa shape index (κ3) is 4.03. The topological polar surface area (TPSA) is 139 Å². The minimum atomic E-state index is -0.412. The number of H-pyrrole nitrogens is 1. The van der Waals surface area contributed by atoms with Crippen molar-refractivity contribution in [2.45, 2.75) is 20.4 Å². The first-order valence-corrected chi connectivity index (χ1v) is 10.2. The zero-order chi connectivity index (χ0) is 22.9. The lowest BCUT2D eigenvalue weighted by atomic mass is 10.1. The Kier molecular flexibility index (Phi) is 5.05. The van der Waals surface area contributed by atoms with E-state index in [1.807, 2.05) is 45.2 Å². The molecule has 1 aromatic carbocycles.